The number of fused-ring (bicyclic) bond motifs is 1. The normalized spacial score (nSPS) is 27.9. The van der Waals surface area contributed by atoms with Gasteiger partial charge in [0.2, 0.25) is 0 Å². The molecule has 2 atom stereocenters. The molecule has 1 aliphatic heterocycles. The molecule has 1 aromatic carbocycles. The zero-order chi connectivity index (χ0) is 13.8. The third kappa shape index (κ3) is 3.24. The first-order chi connectivity index (χ1) is 9.86. The summed E-state index contributed by atoms with van der Waals surface area (Å²) in [5.41, 5.74) is 3.14. The molecule has 0 amide bonds. The Bertz CT molecular complexity index is 429. The first-order valence-electron chi connectivity index (χ1n) is 8.43. The van der Waals surface area contributed by atoms with Gasteiger partial charge < -0.3 is 10.2 Å². The van der Waals surface area contributed by atoms with Crippen LogP contribution in [0.2, 0.25) is 0 Å². The number of benzene rings is 1. The van der Waals surface area contributed by atoms with E-state index in [9.17, 15) is 0 Å². The first kappa shape index (κ1) is 14.1. The molecule has 0 radical (unpaired) electrons. The molecule has 3 rings (SSSR count). The number of hydrogen-bond donors (Lipinski definition) is 1. The Morgan fingerprint density at radius 2 is 2.05 bits per heavy atom. The molecule has 1 N–H and O–H groups in total. The van der Waals surface area contributed by atoms with Gasteiger partial charge in [-0.1, -0.05) is 37.6 Å². The van der Waals surface area contributed by atoms with Gasteiger partial charge >= 0.3 is 0 Å². The number of rotatable bonds is 3. The van der Waals surface area contributed by atoms with Crippen molar-refractivity contribution >= 4 is 0 Å². The summed E-state index contributed by atoms with van der Waals surface area (Å²) in [6, 6.07) is 10.3. The fraction of sp³-hybridized carbons (Fsp3) is 0.667. The van der Waals surface area contributed by atoms with Crippen molar-refractivity contribution in [2.45, 2.75) is 57.5 Å². The van der Waals surface area contributed by atoms with Crippen molar-refractivity contribution < 1.29 is 0 Å². The minimum atomic E-state index is 0.579. The summed E-state index contributed by atoms with van der Waals surface area (Å²) in [6.45, 7) is 5.99. The highest BCUT2D eigenvalue weighted by Crippen LogP contribution is 2.29. The molecular formula is C18H28N2. The summed E-state index contributed by atoms with van der Waals surface area (Å²) in [5.74, 6) is 0. The Morgan fingerprint density at radius 3 is 2.95 bits per heavy atom. The van der Waals surface area contributed by atoms with Gasteiger partial charge in [0.15, 0.2) is 0 Å². The lowest BCUT2D eigenvalue weighted by molar-refractivity contribution is 0.188. The van der Waals surface area contributed by atoms with Crippen molar-refractivity contribution in [3.8, 4) is 0 Å². The molecule has 2 heteroatoms. The number of likely N-dealkylation sites (tertiary alicyclic amines) is 1. The number of likely N-dealkylation sites (N-methyl/N-ethyl adjacent to an activating group) is 1. The van der Waals surface area contributed by atoms with E-state index in [1.54, 1.807) is 11.1 Å². The fourth-order valence-electron chi connectivity index (χ4n) is 3.86. The van der Waals surface area contributed by atoms with E-state index < -0.39 is 0 Å². The quantitative estimate of drug-likeness (QED) is 0.847. The summed E-state index contributed by atoms with van der Waals surface area (Å²) in [4.78, 5) is 2.59. The third-order valence-corrected chi connectivity index (χ3v) is 5.01. The van der Waals surface area contributed by atoms with Crippen LogP contribution in [-0.2, 0) is 6.42 Å². The second kappa shape index (κ2) is 6.73. The molecule has 1 fully saturated rings. The molecule has 0 spiro atoms. The van der Waals surface area contributed by atoms with Crippen molar-refractivity contribution in [2.75, 3.05) is 19.6 Å². The number of aryl methyl sites for hydroxylation is 1. The average Bonchev–Trinajstić information content (AvgIpc) is 2.70. The smallest absolute Gasteiger partial charge is 0.0325 e. The Morgan fingerprint density at radius 1 is 1.15 bits per heavy atom. The second-order valence-corrected chi connectivity index (χ2v) is 6.40. The standard InChI is InChI=1S/C18H28N2/c1-2-20-13-7-10-16(14-20)19-18-12-6-4-9-15-8-3-5-11-17(15)18/h3,5,8,11,16,18-19H,2,4,6-7,9-10,12-14H2,1H3. The molecule has 0 bridgehead atoms. The van der Waals surface area contributed by atoms with Crippen molar-refractivity contribution in [3.63, 3.8) is 0 Å². The van der Waals surface area contributed by atoms with Gasteiger partial charge in [-0.15, -0.1) is 0 Å². The molecule has 2 aliphatic rings. The number of piperidine rings is 1. The molecule has 0 saturated carbocycles. The van der Waals surface area contributed by atoms with Gasteiger partial charge in [-0.2, -0.15) is 0 Å². The summed E-state index contributed by atoms with van der Waals surface area (Å²) >= 11 is 0. The van der Waals surface area contributed by atoms with E-state index >= 15 is 0 Å². The highest BCUT2D eigenvalue weighted by molar-refractivity contribution is 5.31. The van der Waals surface area contributed by atoms with Gasteiger partial charge in [-0.05, 0) is 56.3 Å². The van der Waals surface area contributed by atoms with Crippen LogP contribution in [0, 0.1) is 0 Å². The lowest BCUT2D eigenvalue weighted by Crippen LogP contribution is -2.46. The molecule has 2 unspecified atom stereocenters. The minimum Gasteiger partial charge on any atom is -0.306 e. The molecule has 1 aromatic rings. The summed E-state index contributed by atoms with van der Waals surface area (Å²) in [5, 5.41) is 3.98. The lowest BCUT2D eigenvalue weighted by atomic mass is 9.96. The van der Waals surface area contributed by atoms with Crippen LogP contribution in [0.25, 0.3) is 0 Å². The molecule has 20 heavy (non-hydrogen) atoms. The maximum Gasteiger partial charge on any atom is 0.0325 e. The number of hydrogen-bond acceptors (Lipinski definition) is 2. The molecule has 110 valence electrons. The van der Waals surface area contributed by atoms with Crippen LogP contribution in [-0.4, -0.2) is 30.6 Å². The van der Waals surface area contributed by atoms with E-state index in [1.165, 1.54) is 58.2 Å². The lowest BCUT2D eigenvalue weighted by Gasteiger charge is -2.35. The Hall–Kier alpha value is -0.860. The van der Waals surface area contributed by atoms with Crippen LogP contribution in [0.5, 0.6) is 0 Å². The van der Waals surface area contributed by atoms with Crippen LogP contribution >= 0.6 is 0 Å². The second-order valence-electron chi connectivity index (χ2n) is 6.40. The van der Waals surface area contributed by atoms with Gasteiger partial charge in [0.25, 0.3) is 0 Å². The Kier molecular flexibility index (Phi) is 4.74. The van der Waals surface area contributed by atoms with Crippen LogP contribution in [0.3, 0.4) is 0 Å². The molecule has 2 nitrogen and oxygen atoms in total. The monoisotopic (exact) mass is 272 g/mol. The molecule has 1 heterocycles. The molecule has 1 aliphatic carbocycles. The van der Waals surface area contributed by atoms with E-state index in [4.69, 9.17) is 0 Å². The van der Waals surface area contributed by atoms with Crippen LogP contribution in [0.15, 0.2) is 24.3 Å². The fourth-order valence-corrected chi connectivity index (χ4v) is 3.86. The van der Waals surface area contributed by atoms with Crippen molar-refractivity contribution in [1.82, 2.24) is 10.2 Å². The van der Waals surface area contributed by atoms with Crippen LogP contribution in [0.4, 0.5) is 0 Å². The van der Waals surface area contributed by atoms with Crippen LogP contribution < -0.4 is 5.32 Å². The van der Waals surface area contributed by atoms with Gasteiger partial charge in [-0.3, -0.25) is 0 Å². The molecular weight excluding hydrogens is 244 g/mol. The Balaban J connectivity index is 1.70. The van der Waals surface area contributed by atoms with Gasteiger partial charge in [0.05, 0.1) is 0 Å². The molecule has 0 aromatic heterocycles. The minimum absolute atomic E-state index is 0.579. The third-order valence-electron chi connectivity index (χ3n) is 5.01. The maximum absolute atomic E-state index is 3.98. The van der Waals surface area contributed by atoms with Gasteiger partial charge in [-0.25, -0.2) is 0 Å². The van der Waals surface area contributed by atoms with E-state index in [1.807, 2.05) is 0 Å². The predicted octanol–water partition coefficient (Wildman–Crippen LogP) is 3.53. The number of nitrogens with zero attached hydrogens (tertiary/aromatic N) is 1. The highest BCUT2D eigenvalue weighted by atomic mass is 15.2. The molecule has 1 saturated heterocycles. The van der Waals surface area contributed by atoms with E-state index in [2.05, 4.69) is 41.4 Å². The van der Waals surface area contributed by atoms with Crippen molar-refractivity contribution in [2.24, 2.45) is 0 Å². The largest absolute Gasteiger partial charge is 0.306 e. The Labute approximate surface area is 123 Å². The maximum atomic E-state index is 3.98. The zero-order valence-electron chi connectivity index (χ0n) is 12.8. The summed E-state index contributed by atoms with van der Waals surface area (Å²) in [7, 11) is 0. The predicted molar refractivity (Wildman–Crippen MR) is 85.0 cm³/mol. The number of nitrogens with one attached hydrogen (secondary N) is 1. The van der Waals surface area contributed by atoms with Gasteiger partial charge in [0.1, 0.15) is 0 Å². The van der Waals surface area contributed by atoms with E-state index in [0.717, 1.165) is 0 Å². The summed E-state index contributed by atoms with van der Waals surface area (Å²) in [6.07, 6.45) is 7.96. The summed E-state index contributed by atoms with van der Waals surface area (Å²) < 4.78 is 0. The van der Waals surface area contributed by atoms with Gasteiger partial charge in [0, 0.05) is 18.6 Å². The topological polar surface area (TPSA) is 15.3 Å². The van der Waals surface area contributed by atoms with Crippen LogP contribution in [0.1, 0.15) is 56.2 Å². The SMILES string of the molecule is CCN1CCCC(NC2CCCCc3ccccc32)C1. The highest BCUT2D eigenvalue weighted by Gasteiger charge is 2.24. The van der Waals surface area contributed by atoms with Crippen molar-refractivity contribution in [1.29, 1.82) is 0 Å². The zero-order valence-corrected chi connectivity index (χ0v) is 12.8. The van der Waals surface area contributed by atoms with E-state index in [-0.39, 0.29) is 0 Å². The average molecular weight is 272 g/mol. The first-order valence-corrected chi connectivity index (χ1v) is 8.43. The van der Waals surface area contributed by atoms with Crippen molar-refractivity contribution in [3.05, 3.63) is 35.4 Å². The van der Waals surface area contributed by atoms with E-state index in [0.29, 0.717) is 12.1 Å².